The monoisotopic (exact) mass is 414 g/mol. The van der Waals surface area contributed by atoms with Crippen LogP contribution in [0.4, 0.5) is 11.4 Å². The predicted molar refractivity (Wildman–Crippen MR) is 115 cm³/mol. The van der Waals surface area contributed by atoms with Gasteiger partial charge in [-0.05, 0) is 47.5 Å². The van der Waals surface area contributed by atoms with Crippen LogP contribution in [0.2, 0.25) is 0 Å². The van der Waals surface area contributed by atoms with E-state index < -0.39 is 17.9 Å². The van der Waals surface area contributed by atoms with Crippen LogP contribution in [0.1, 0.15) is 37.8 Å². The minimum Gasteiger partial charge on any atom is -0.478 e. The van der Waals surface area contributed by atoms with Gasteiger partial charge in [-0.1, -0.05) is 36.4 Å². The first-order valence-corrected chi connectivity index (χ1v) is 9.48. The fourth-order valence-electron chi connectivity index (χ4n) is 3.50. The van der Waals surface area contributed by atoms with Gasteiger partial charge in [-0.2, -0.15) is 0 Å². The number of benzene rings is 3. The second-order valence-electron chi connectivity index (χ2n) is 6.93. The minimum absolute atomic E-state index is 0.152. The number of fused-ring (bicyclic) bond motifs is 1. The Morgan fingerprint density at radius 1 is 0.935 bits per heavy atom. The van der Waals surface area contributed by atoms with Gasteiger partial charge in [-0.25, -0.2) is 9.59 Å². The number of amides is 1. The number of hydrogen-bond acceptors (Lipinski definition) is 5. The number of carbonyl (C=O) groups excluding carboxylic acids is 2. The number of ether oxygens (including phenoxy) is 1. The highest BCUT2D eigenvalue weighted by molar-refractivity contribution is 6.24. The zero-order chi connectivity index (χ0) is 22.0. The lowest BCUT2D eigenvalue weighted by Gasteiger charge is -2.14. The van der Waals surface area contributed by atoms with Gasteiger partial charge in [0, 0.05) is 5.69 Å². The molecule has 7 nitrogen and oxygen atoms in total. The standard InChI is InChI=1S/C24H18N2O5/c1-31-24(30)16-9-12-18-19(13-16)26-22(27)20(18)21(14-5-3-2-4-6-14)25-17-10-7-15(8-11-17)23(28)29/h2-13,20H,1H3,(H,26,27)(H,28,29). The average molecular weight is 414 g/mol. The van der Waals surface area contributed by atoms with Crippen molar-refractivity contribution in [3.63, 3.8) is 0 Å². The molecule has 0 bridgehead atoms. The van der Waals surface area contributed by atoms with E-state index in [-0.39, 0.29) is 11.5 Å². The summed E-state index contributed by atoms with van der Waals surface area (Å²) in [5, 5.41) is 11.9. The summed E-state index contributed by atoms with van der Waals surface area (Å²) in [6.07, 6.45) is 0. The van der Waals surface area contributed by atoms with Gasteiger partial charge in [0.2, 0.25) is 5.91 Å². The van der Waals surface area contributed by atoms with Gasteiger partial charge in [0.15, 0.2) is 0 Å². The number of nitrogens with one attached hydrogen (secondary N) is 1. The topological polar surface area (TPSA) is 105 Å². The van der Waals surface area contributed by atoms with Crippen molar-refractivity contribution >= 4 is 34.9 Å². The summed E-state index contributed by atoms with van der Waals surface area (Å²) in [5.74, 6) is -2.47. The molecule has 0 aromatic heterocycles. The fourth-order valence-corrected chi connectivity index (χ4v) is 3.50. The van der Waals surface area contributed by atoms with Gasteiger partial charge in [-0.3, -0.25) is 9.79 Å². The van der Waals surface area contributed by atoms with Crippen molar-refractivity contribution in [1.82, 2.24) is 0 Å². The molecular formula is C24H18N2O5. The number of carboxylic acid groups (broad SMARTS) is 1. The van der Waals surface area contributed by atoms with Gasteiger partial charge < -0.3 is 15.2 Å². The number of aromatic carboxylic acids is 1. The number of rotatable bonds is 5. The maximum absolute atomic E-state index is 12.9. The molecule has 0 saturated carbocycles. The Morgan fingerprint density at radius 3 is 2.26 bits per heavy atom. The van der Waals surface area contributed by atoms with Crippen LogP contribution in [0.15, 0.2) is 77.8 Å². The number of hydrogen-bond donors (Lipinski definition) is 2. The normalized spacial score (nSPS) is 15.2. The summed E-state index contributed by atoms with van der Waals surface area (Å²) in [6.45, 7) is 0. The summed E-state index contributed by atoms with van der Waals surface area (Å²) in [7, 11) is 1.30. The Hall–Kier alpha value is -4.26. The Balaban J connectivity index is 1.81. The lowest BCUT2D eigenvalue weighted by molar-refractivity contribution is -0.115. The van der Waals surface area contributed by atoms with Crippen molar-refractivity contribution in [3.05, 3.63) is 95.1 Å². The smallest absolute Gasteiger partial charge is 0.337 e. The molecule has 0 spiro atoms. The van der Waals surface area contributed by atoms with E-state index >= 15 is 0 Å². The minimum atomic E-state index is -1.02. The molecule has 1 heterocycles. The van der Waals surface area contributed by atoms with Gasteiger partial charge in [-0.15, -0.1) is 0 Å². The number of methoxy groups -OCH3 is 1. The average Bonchev–Trinajstić information content (AvgIpc) is 3.12. The first kappa shape index (κ1) is 20.0. The quantitative estimate of drug-likeness (QED) is 0.484. The van der Waals surface area contributed by atoms with Crippen LogP contribution in [0, 0.1) is 0 Å². The summed E-state index contributed by atoms with van der Waals surface area (Å²) in [5.41, 5.74) is 3.52. The van der Waals surface area contributed by atoms with E-state index in [9.17, 15) is 14.4 Å². The number of esters is 1. The molecule has 3 aromatic carbocycles. The Morgan fingerprint density at radius 2 is 1.61 bits per heavy atom. The van der Waals surface area contributed by atoms with Crippen LogP contribution < -0.4 is 5.32 Å². The third-order valence-electron chi connectivity index (χ3n) is 5.01. The van der Waals surface area contributed by atoms with E-state index in [0.717, 1.165) is 5.56 Å². The van der Waals surface area contributed by atoms with Gasteiger partial charge in [0.05, 0.1) is 29.6 Å². The summed E-state index contributed by atoms with van der Waals surface area (Å²) < 4.78 is 4.75. The zero-order valence-corrected chi connectivity index (χ0v) is 16.5. The molecular weight excluding hydrogens is 396 g/mol. The van der Waals surface area contributed by atoms with E-state index in [1.807, 2.05) is 30.3 Å². The Bertz CT molecular complexity index is 1200. The third-order valence-corrected chi connectivity index (χ3v) is 5.01. The van der Waals surface area contributed by atoms with Crippen LogP contribution in [-0.4, -0.2) is 35.8 Å². The molecule has 0 aliphatic carbocycles. The molecule has 0 radical (unpaired) electrons. The number of aliphatic imine (C=N–C) groups is 1. The summed E-state index contributed by atoms with van der Waals surface area (Å²) in [4.78, 5) is 40.6. The second kappa shape index (κ2) is 8.23. The van der Waals surface area contributed by atoms with Crippen molar-refractivity contribution in [1.29, 1.82) is 0 Å². The second-order valence-corrected chi connectivity index (χ2v) is 6.93. The first-order chi connectivity index (χ1) is 15.0. The van der Waals surface area contributed by atoms with Crippen molar-refractivity contribution in [2.24, 2.45) is 4.99 Å². The molecule has 1 amide bonds. The molecule has 1 unspecified atom stereocenters. The van der Waals surface area contributed by atoms with Crippen molar-refractivity contribution in [2.75, 3.05) is 12.4 Å². The molecule has 154 valence electrons. The predicted octanol–water partition coefficient (Wildman–Crippen LogP) is 4.03. The maximum Gasteiger partial charge on any atom is 0.337 e. The number of carboxylic acids is 1. The van der Waals surface area contributed by atoms with Gasteiger partial charge in [0.1, 0.15) is 5.92 Å². The van der Waals surface area contributed by atoms with Gasteiger partial charge in [0.25, 0.3) is 0 Å². The molecule has 4 rings (SSSR count). The highest BCUT2D eigenvalue weighted by atomic mass is 16.5. The summed E-state index contributed by atoms with van der Waals surface area (Å²) in [6, 6.07) is 20.3. The molecule has 31 heavy (non-hydrogen) atoms. The van der Waals surface area contributed by atoms with Crippen LogP contribution in [0.5, 0.6) is 0 Å². The van der Waals surface area contributed by atoms with Crippen molar-refractivity contribution in [3.8, 4) is 0 Å². The van der Waals surface area contributed by atoms with E-state index in [2.05, 4.69) is 5.32 Å². The molecule has 0 saturated heterocycles. The molecule has 1 aliphatic rings. The highest BCUT2D eigenvalue weighted by Crippen LogP contribution is 2.37. The molecule has 3 aromatic rings. The van der Waals surface area contributed by atoms with E-state index in [0.29, 0.717) is 28.2 Å². The fraction of sp³-hybridized carbons (Fsp3) is 0.0833. The molecule has 2 N–H and O–H groups in total. The van der Waals surface area contributed by atoms with Crippen LogP contribution in [-0.2, 0) is 9.53 Å². The Labute approximate surface area is 178 Å². The highest BCUT2D eigenvalue weighted by Gasteiger charge is 2.35. The number of anilines is 1. The van der Waals surface area contributed by atoms with E-state index in [1.165, 1.54) is 19.2 Å². The first-order valence-electron chi connectivity index (χ1n) is 9.48. The SMILES string of the molecule is COC(=O)c1ccc2c(c1)NC(=O)C2C(=Nc1ccc(C(=O)O)cc1)c1ccccc1. The van der Waals surface area contributed by atoms with Crippen LogP contribution in [0.25, 0.3) is 0 Å². The van der Waals surface area contributed by atoms with E-state index in [4.69, 9.17) is 14.8 Å². The third kappa shape index (κ3) is 3.93. The maximum atomic E-state index is 12.9. The molecule has 7 heteroatoms. The van der Waals surface area contributed by atoms with E-state index in [1.54, 1.807) is 30.3 Å². The van der Waals surface area contributed by atoms with Crippen molar-refractivity contribution in [2.45, 2.75) is 5.92 Å². The number of nitrogens with zero attached hydrogens (tertiary/aromatic N) is 1. The van der Waals surface area contributed by atoms with Crippen LogP contribution >= 0.6 is 0 Å². The largest absolute Gasteiger partial charge is 0.478 e. The van der Waals surface area contributed by atoms with Gasteiger partial charge >= 0.3 is 11.9 Å². The van der Waals surface area contributed by atoms with Crippen molar-refractivity contribution < 1.29 is 24.2 Å². The molecule has 1 atom stereocenters. The lowest BCUT2D eigenvalue weighted by atomic mass is 9.90. The Kier molecular flexibility index (Phi) is 5.32. The lowest BCUT2D eigenvalue weighted by Crippen LogP contribution is -2.21. The number of carbonyl (C=O) groups is 3. The summed E-state index contributed by atoms with van der Waals surface area (Å²) >= 11 is 0. The molecule has 0 fully saturated rings. The zero-order valence-electron chi connectivity index (χ0n) is 16.5. The van der Waals surface area contributed by atoms with Crippen LogP contribution in [0.3, 0.4) is 0 Å². The molecule has 1 aliphatic heterocycles.